The lowest BCUT2D eigenvalue weighted by Crippen LogP contribution is -2.33. The third-order valence-electron chi connectivity index (χ3n) is 5.52. The zero-order chi connectivity index (χ0) is 25.1. The molecule has 12 nitrogen and oxygen atoms in total. The number of nitrogens with one attached hydrogen (secondary N) is 1. The van der Waals surface area contributed by atoms with Crippen LogP contribution in [0.4, 0.5) is 5.95 Å². The van der Waals surface area contributed by atoms with Gasteiger partial charge in [0.2, 0.25) is 5.95 Å². The van der Waals surface area contributed by atoms with Gasteiger partial charge in [0, 0.05) is 5.56 Å². The van der Waals surface area contributed by atoms with Crippen molar-refractivity contribution in [2.75, 3.05) is 40.9 Å². The molecule has 0 aliphatic carbocycles. The van der Waals surface area contributed by atoms with Crippen molar-refractivity contribution in [3.63, 3.8) is 0 Å². The van der Waals surface area contributed by atoms with E-state index in [1.165, 1.54) is 46.3 Å². The molecule has 1 aliphatic heterocycles. The molecule has 0 radical (unpaired) electrons. The summed E-state index contributed by atoms with van der Waals surface area (Å²) in [6, 6.07) is 8.94. The average molecular weight is 481 g/mol. The zero-order valence-electron chi connectivity index (χ0n) is 19.7. The smallest absolute Gasteiger partial charge is 0.355 e. The van der Waals surface area contributed by atoms with Crippen molar-refractivity contribution in [2.45, 2.75) is 6.04 Å². The molecule has 35 heavy (non-hydrogen) atoms. The molecule has 12 heteroatoms. The van der Waals surface area contributed by atoms with Crippen LogP contribution < -0.4 is 24.3 Å². The number of rotatable bonds is 8. The van der Waals surface area contributed by atoms with E-state index in [4.69, 9.17) is 23.7 Å². The van der Waals surface area contributed by atoms with Gasteiger partial charge in [0.25, 0.3) is 0 Å². The van der Waals surface area contributed by atoms with Crippen molar-refractivity contribution in [2.24, 2.45) is 0 Å². The Morgan fingerprint density at radius 2 is 1.49 bits per heavy atom. The van der Waals surface area contributed by atoms with E-state index >= 15 is 0 Å². The SMILES string of the molecule is COC(=O)C1=C(C(=O)c2ccc(OC)c(OC)c2)[C@@H](c2ccc(OC)c(OC)c2)n2nnnc2N1. The van der Waals surface area contributed by atoms with Crippen molar-refractivity contribution in [3.05, 3.63) is 58.8 Å². The molecule has 1 atom stereocenters. The van der Waals surface area contributed by atoms with Crippen LogP contribution in [0.15, 0.2) is 47.7 Å². The first-order valence-electron chi connectivity index (χ1n) is 10.3. The topological polar surface area (TPSA) is 136 Å². The Labute approximate surface area is 200 Å². The summed E-state index contributed by atoms with van der Waals surface area (Å²) in [6.45, 7) is 0. The van der Waals surface area contributed by atoms with Gasteiger partial charge < -0.3 is 29.0 Å². The Kier molecular flexibility index (Phi) is 6.53. The Balaban J connectivity index is 1.95. The second-order valence-electron chi connectivity index (χ2n) is 7.27. The minimum absolute atomic E-state index is 0.0658. The van der Waals surface area contributed by atoms with Crippen molar-refractivity contribution >= 4 is 17.7 Å². The first-order chi connectivity index (χ1) is 17.0. The fraction of sp³-hybridized carbons (Fsp3) is 0.261. The van der Waals surface area contributed by atoms with E-state index in [9.17, 15) is 9.59 Å². The fourth-order valence-electron chi connectivity index (χ4n) is 3.85. The quantitative estimate of drug-likeness (QED) is 0.374. The van der Waals surface area contributed by atoms with Crippen LogP contribution in [0.2, 0.25) is 0 Å². The molecule has 1 aliphatic rings. The van der Waals surface area contributed by atoms with Gasteiger partial charge in [-0.15, -0.1) is 0 Å². The number of ether oxygens (including phenoxy) is 5. The number of carbonyl (C=O) groups is 2. The van der Waals surface area contributed by atoms with Crippen LogP contribution >= 0.6 is 0 Å². The van der Waals surface area contributed by atoms with Crippen LogP contribution in [0.5, 0.6) is 23.0 Å². The lowest BCUT2D eigenvalue weighted by molar-refractivity contribution is -0.136. The molecule has 3 aromatic rings. The molecule has 1 N–H and O–H groups in total. The molecular weight excluding hydrogens is 458 g/mol. The Hall–Kier alpha value is -4.61. The number of hydrogen-bond donors (Lipinski definition) is 1. The molecular formula is C23H23N5O7. The molecule has 0 amide bonds. The second-order valence-corrected chi connectivity index (χ2v) is 7.27. The van der Waals surface area contributed by atoms with Gasteiger partial charge in [0.05, 0.1) is 41.1 Å². The lowest BCUT2D eigenvalue weighted by atomic mass is 9.89. The molecule has 0 fully saturated rings. The Bertz CT molecular complexity index is 1320. The summed E-state index contributed by atoms with van der Waals surface area (Å²) in [5.41, 5.74) is 0.802. The molecule has 0 saturated heterocycles. The number of allylic oxidation sites excluding steroid dienone is 1. The second kappa shape index (κ2) is 9.71. The number of tetrazole rings is 1. The number of carbonyl (C=O) groups excluding carboxylic acids is 2. The summed E-state index contributed by atoms with van der Waals surface area (Å²) in [4.78, 5) is 26.8. The monoisotopic (exact) mass is 481 g/mol. The summed E-state index contributed by atoms with van der Waals surface area (Å²) in [7, 11) is 7.20. The van der Waals surface area contributed by atoms with Crippen LogP contribution in [0.1, 0.15) is 22.0 Å². The highest BCUT2D eigenvalue weighted by Crippen LogP contribution is 2.40. The maximum absolute atomic E-state index is 14.0. The van der Waals surface area contributed by atoms with Gasteiger partial charge in [-0.05, 0) is 46.3 Å². The minimum Gasteiger partial charge on any atom is -0.493 e. The number of methoxy groups -OCH3 is 5. The third kappa shape index (κ3) is 4.09. The van der Waals surface area contributed by atoms with Crippen molar-refractivity contribution < 1.29 is 33.3 Å². The number of ketones is 1. The maximum Gasteiger partial charge on any atom is 0.355 e. The van der Waals surface area contributed by atoms with E-state index in [2.05, 4.69) is 20.8 Å². The first kappa shape index (κ1) is 23.5. The number of hydrogen-bond acceptors (Lipinski definition) is 11. The average Bonchev–Trinajstić information content (AvgIpc) is 3.38. The van der Waals surface area contributed by atoms with E-state index < -0.39 is 17.8 Å². The normalized spacial score (nSPS) is 14.5. The van der Waals surface area contributed by atoms with Gasteiger partial charge in [0.1, 0.15) is 11.7 Å². The van der Waals surface area contributed by atoms with E-state index in [1.54, 1.807) is 30.3 Å². The van der Waals surface area contributed by atoms with Gasteiger partial charge in [-0.25, -0.2) is 4.79 Å². The molecule has 2 heterocycles. The summed E-state index contributed by atoms with van der Waals surface area (Å²) in [6.07, 6.45) is 0. The highest BCUT2D eigenvalue weighted by atomic mass is 16.5. The predicted octanol–water partition coefficient (Wildman–Crippen LogP) is 2.03. The molecule has 0 saturated carbocycles. The van der Waals surface area contributed by atoms with Gasteiger partial charge in [-0.1, -0.05) is 11.2 Å². The molecule has 182 valence electrons. The number of fused-ring (bicyclic) bond motifs is 1. The fourth-order valence-corrected chi connectivity index (χ4v) is 3.85. The molecule has 2 aromatic carbocycles. The highest BCUT2D eigenvalue weighted by Gasteiger charge is 2.39. The minimum atomic E-state index is -0.893. The third-order valence-corrected chi connectivity index (χ3v) is 5.52. The summed E-state index contributed by atoms with van der Waals surface area (Å²) in [5.74, 6) is 0.658. The first-order valence-corrected chi connectivity index (χ1v) is 10.3. The van der Waals surface area contributed by atoms with Crippen LogP contribution in [0.3, 0.4) is 0 Å². The standard InChI is InChI=1S/C23H23N5O7/c1-31-14-8-6-12(10-16(14)33-3)20-18(19(22(30)35-5)24-23-25-26-27-28(20)23)21(29)13-7-9-15(32-2)17(11-13)34-4/h6-11,20H,1-5H3,(H,24,25,27)/t20-/m1/s1. The zero-order valence-corrected chi connectivity index (χ0v) is 19.7. The largest absolute Gasteiger partial charge is 0.493 e. The van der Waals surface area contributed by atoms with Gasteiger partial charge in [-0.2, -0.15) is 4.68 Å². The van der Waals surface area contributed by atoms with E-state index in [-0.39, 0.29) is 22.8 Å². The number of nitrogens with zero attached hydrogens (tertiary/aromatic N) is 4. The number of anilines is 1. The number of aromatic nitrogens is 4. The summed E-state index contributed by atoms with van der Waals surface area (Å²) in [5, 5.41) is 14.5. The van der Waals surface area contributed by atoms with Crippen LogP contribution in [0, 0.1) is 0 Å². The van der Waals surface area contributed by atoms with Crippen LogP contribution in [0.25, 0.3) is 0 Å². The van der Waals surface area contributed by atoms with E-state index in [0.29, 0.717) is 28.6 Å². The number of benzene rings is 2. The van der Waals surface area contributed by atoms with E-state index in [1.807, 2.05) is 0 Å². The number of esters is 1. The highest BCUT2D eigenvalue weighted by molar-refractivity contribution is 6.15. The van der Waals surface area contributed by atoms with Crippen molar-refractivity contribution in [1.82, 2.24) is 20.2 Å². The summed E-state index contributed by atoms with van der Waals surface area (Å²) < 4.78 is 27.8. The van der Waals surface area contributed by atoms with Crippen LogP contribution in [-0.2, 0) is 9.53 Å². The lowest BCUT2D eigenvalue weighted by Gasteiger charge is -2.28. The van der Waals surface area contributed by atoms with E-state index in [0.717, 1.165) is 0 Å². The van der Waals surface area contributed by atoms with Gasteiger partial charge in [0.15, 0.2) is 28.8 Å². The predicted molar refractivity (Wildman–Crippen MR) is 122 cm³/mol. The van der Waals surface area contributed by atoms with Crippen LogP contribution in [-0.4, -0.2) is 67.5 Å². The summed E-state index contributed by atoms with van der Waals surface area (Å²) >= 11 is 0. The van der Waals surface area contributed by atoms with Gasteiger partial charge in [-0.3, -0.25) is 4.79 Å². The molecule has 0 unspecified atom stereocenters. The van der Waals surface area contributed by atoms with Gasteiger partial charge >= 0.3 is 5.97 Å². The molecule has 0 bridgehead atoms. The van der Waals surface area contributed by atoms with Crippen molar-refractivity contribution in [1.29, 1.82) is 0 Å². The Morgan fingerprint density at radius 3 is 2.11 bits per heavy atom. The molecule has 0 spiro atoms. The van der Waals surface area contributed by atoms with Crippen molar-refractivity contribution in [3.8, 4) is 23.0 Å². The molecule has 4 rings (SSSR count). The number of Topliss-reactive ketones (excluding diaryl/α,β-unsaturated/α-hetero) is 1. The maximum atomic E-state index is 14.0. The molecule has 1 aromatic heterocycles. The Morgan fingerprint density at radius 1 is 0.857 bits per heavy atom.